The molecule has 0 saturated heterocycles. The molecule has 2 N–H and O–H groups in total. The van der Waals surface area contributed by atoms with Gasteiger partial charge in [0.15, 0.2) is 0 Å². The van der Waals surface area contributed by atoms with Gasteiger partial charge in [0, 0.05) is 41.8 Å². The van der Waals surface area contributed by atoms with E-state index < -0.39 is 10.0 Å². The minimum atomic E-state index is -3.71. The van der Waals surface area contributed by atoms with Crippen molar-refractivity contribution in [3.05, 3.63) is 83.7 Å². The molecule has 0 saturated carbocycles. The molecule has 1 aliphatic heterocycles. The molecule has 1 amide bonds. The molecule has 2 heterocycles. The van der Waals surface area contributed by atoms with Gasteiger partial charge in [-0.3, -0.25) is 14.5 Å². The van der Waals surface area contributed by atoms with Crippen molar-refractivity contribution in [3.63, 3.8) is 0 Å². The molecule has 182 valence electrons. The molecule has 4 rings (SSSR count). The topological polar surface area (TPSA) is 92.6 Å². The van der Waals surface area contributed by atoms with E-state index in [-0.39, 0.29) is 10.8 Å². The van der Waals surface area contributed by atoms with E-state index in [1.807, 2.05) is 50.2 Å². The molecule has 35 heavy (non-hydrogen) atoms. The summed E-state index contributed by atoms with van der Waals surface area (Å²) >= 11 is 0. The number of nitrogens with zero attached hydrogens (tertiary/aromatic N) is 2. The van der Waals surface area contributed by atoms with Crippen LogP contribution >= 0.6 is 0 Å². The Morgan fingerprint density at radius 1 is 1.00 bits per heavy atom. The van der Waals surface area contributed by atoms with Crippen LogP contribution in [0, 0.1) is 13.8 Å². The maximum Gasteiger partial charge on any atom is 0.262 e. The highest BCUT2D eigenvalue weighted by Crippen LogP contribution is 2.22. The number of aromatic nitrogens is 1. The number of aliphatic imine (C=N–C) groups is 1. The zero-order chi connectivity index (χ0) is 24.8. The Hall–Kier alpha value is -3.65. The lowest BCUT2D eigenvalue weighted by Gasteiger charge is -2.10. The van der Waals surface area contributed by atoms with Gasteiger partial charge in [0.05, 0.1) is 4.90 Å². The van der Waals surface area contributed by atoms with E-state index in [1.54, 1.807) is 18.2 Å². The summed E-state index contributed by atoms with van der Waals surface area (Å²) in [7, 11) is -3.71. The number of carbonyl (C=O) groups excluding carboxylic acids is 1. The number of hydrogen-bond acceptors (Lipinski definition) is 4. The Balaban J connectivity index is 1.40. The average Bonchev–Trinajstić information content (AvgIpc) is 2.98. The fourth-order valence-corrected chi connectivity index (χ4v) is 5.26. The first-order chi connectivity index (χ1) is 16.8. The molecule has 0 aliphatic carbocycles. The predicted molar refractivity (Wildman–Crippen MR) is 140 cm³/mol. The summed E-state index contributed by atoms with van der Waals surface area (Å²) < 4.78 is 30.1. The lowest BCUT2D eigenvalue weighted by atomic mass is 10.2. The third-order valence-electron chi connectivity index (χ3n) is 5.96. The Morgan fingerprint density at radius 2 is 1.74 bits per heavy atom. The lowest BCUT2D eigenvalue weighted by molar-refractivity contribution is -0.111. The molecule has 0 fully saturated rings. The number of aryl methyl sites for hydroxylation is 1. The highest BCUT2D eigenvalue weighted by molar-refractivity contribution is 7.90. The van der Waals surface area contributed by atoms with E-state index in [2.05, 4.69) is 19.6 Å². The van der Waals surface area contributed by atoms with Gasteiger partial charge < -0.3 is 9.88 Å². The van der Waals surface area contributed by atoms with E-state index in [0.717, 1.165) is 41.9 Å². The largest absolute Gasteiger partial charge is 0.323 e. The van der Waals surface area contributed by atoms with Gasteiger partial charge in [-0.1, -0.05) is 24.6 Å². The van der Waals surface area contributed by atoms with Crippen molar-refractivity contribution in [1.29, 1.82) is 0 Å². The number of hydrogen-bond donors (Lipinski definition) is 2. The van der Waals surface area contributed by atoms with Gasteiger partial charge in [-0.2, -0.15) is 0 Å². The molecule has 8 heteroatoms. The summed E-state index contributed by atoms with van der Waals surface area (Å²) in [5.74, 6) is 0.215. The third-order valence-corrected chi connectivity index (χ3v) is 7.35. The molecule has 7 nitrogen and oxygen atoms in total. The van der Waals surface area contributed by atoms with Crippen LogP contribution in [0.3, 0.4) is 0 Å². The quantitative estimate of drug-likeness (QED) is 0.477. The molecule has 0 radical (unpaired) electrons. The second-order valence-corrected chi connectivity index (χ2v) is 10.3. The maximum absolute atomic E-state index is 12.7. The van der Waals surface area contributed by atoms with Gasteiger partial charge in [-0.15, -0.1) is 0 Å². The van der Waals surface area contributed by atoms with Crippen LogP contribution in [-0.2, 0) is 14.8 Å². The van der Waals surface area contributed by atoms with E-state index >= 15 is 0 Å². The van der Waals surface area contributed by atoms with E-state index in [1.165, 1.54) is 18.2 Å². The second kappa shape index (κ2) is 10.7. The molecule has 1 aromatic heterocycles. The summed E-state index contributed by atoms with van der Waals surface area (Å²) in [6, 6.07) is 18.2. The van der Waals surface area contributed by atoms with Crippen LogP contribution in [0.2, 0.25) is 0 Å². The molecule has 3 aromatic rings. The zero-order valence-electron chi connectivity index (χ0n) is 20.0. The van der Waals surface area contributed by atoms with Crippen molar-refractivity contribution in [2.24, 2.45) is 4.99 Å². The first-order valence-corrected chi connectivity index (χ1v) is 13.2. The Kier molecular flexibility index (Phi) is 7.51. The molecular formula is C27H30N4O3S. The van der Waals surface area contributed by atoms with Crippen LogP contribution in [0.4, 0.5) is 5.69 Å². The minimum Gasteiger partial charge on any atom is -0.323 e. The fourth-order valence-electron chi connectivity index (χ4n) is 4.17. The molecule has 1 aliphatic rings. The number of amides is 1. The van der Waals surface area contributed by atoms with Crippen molar-refractivity contribution >= 4 is 33.5 Å². The monoisotopic (exact) mass is 490 g/mol. The maximum atomic E-state index is 12.7. The van der Waals surface area contributed by atoms with Crippen LogP contribution in [0.5, 0.6) is 0 Å². The molecule has 2 aromatic carbocycles. The average molecular weight is 491 g/mol. The van der Waals surface area contributed by atoms with E-state index in [0.29, 0.717) is 24.5 Å². The van der Waals surface area contributed by atoms with Crippen LogP contribution in [0.25, 0.3) is 11.8 Å². The van der Waals surface area contributed by atoms with Gasteiger partial charge >= 0.3 is 0 Å². The van der Waals surface area contributed by atoms with Gasteiger partial charge in [-0.05, 0) is 80.8 Å². The third kappa shape index (κ3) is 6.08. The van der Waals surface area contributed by atoms with Gasteiger partial charge in [0.2, 0.25) is 5.91 Å². The van der Waals surface area contributed by atoms with E-state index in [4.69, 9.17) is 0 Å². The second-order valence-electron chi connectivity index (χ2n) is 8.59. The first-order valence-electron chi connectivity index (χ1n) is 11.7. The van der Waals surface area contributed by atoms with Crippen molar-refractivity contribution in [1.82, 2.24) is 9.29 Å². The summed E-state index contributed by atoms with van der Waals surface area (Å²) in [4.78, 5) is 16.9. The number of amidine groups is 1. The van der Waals surface area contributed by atoms with Crippen molar-refractivity contribution in [3.8, 4) is 5.69 Å². The normalized spacial score (nSPS) is 14.4. The number of carbonyl (C=O) groups is 1. The fraction of sp³-hybridized carbons (Fsp3) is 0.259. The van der Waals surface area contributed by atoms with Crippen molar-refractivity contribution < 1.29 is 13.2 Å². The predicted octanol–water partition coefficient (Wildman–Crippen LogP) is 5.00. The van der Waals surface area contributed by atoms with Crippen LogP contribution in [-0.4, -0.2) is 31.3 Å². The standard InChI is InChI=1S/C27H30N4O3S/c1-20-19-22(21(2)31(20)24-9-5-3-6-10-24)12-17-27(32)29-23-13-15-25(16-14-23)35(33,34)30-26-11-7-4-8-18-28-26/h3,5-6,9-10,12-17,19H,4,7-8,11,18H2,1-2H3,(H,28,30)(H,29,32)/b17-12+. The van der Waals surface area contributed by atoms with Gasteiger partial charge in [-0.25, -0.2) is 8.42 Å². The summed E-state index contributed by atoms with van der Waals surface area (Å²) in [5.41, 5.74) is 4.66. The highest BCUT2D eigenvalue weighted by atomic mass is 32.2. The zero-order valence-corrected chi connectivity index (χ0v) is 20.8. The van der Waals surface area contributed by atoms with Crippen molar-refractivity contribution in [2.75, 3.05) is 11.9 Å². The number of rotatable bonds is 6. The van der Waals surface area contributed by atoms with Crippen LogP contribution in [0.15, 0.2) is 76.6 Å². The summed E-state index contributed by atoms with van der Waals surface area (Å²) in [5, 5.41) is 2.78. The molecule has 0 atom stereocenters. The molecule has 0 spiro atoms. The SMILES string of the molecule is Cc1cc(/C=C/C(=O)Nc2ccc(S(=O)(=O)NC3=NCCCCC3)cc2)c(C)n1-c1ccccc1. The van der Waals surface area contributed by atoms with Gasteiger partial charge in [0.25, 0.3) is 10.0 Å². The van der Waals surface area contributed by atoms with Crippen molar-refractivity contribution in [2.45, 2.75) is 44.4 Å². The highest BCUT2D eigenvalue weighted by Gasteiger charge is 2.17. The number of sulfonamides is 1. The number of para-hydroxylation sites is 1. The summed E-state index contributed by atoms with van der Waals surface area (Å²) in [6.07, 6.45) is 6.85. The molecular weight excluding hydrogens is 460 g/mol. The lowest BCUT2D eigenvalue weighted by Crippen LogP contribution is -2.30. The molecule has 0 bridgehead atoms. The van der Waals surface area contributed by atoms with E-state index in [9.17, 15) is 13.2 Å². The smallest absolute Gasteiger partial charge is 0.262 e. The number of benzene rings is 2. The number of nitrogens with one attached hydrogen (secondary N) is 2. The van der Waals surface area contributed by atoms with Crippen LogP contribution < -0.4 is 10.0 Å². The Bertz CT molecular complexity index is 1360. The summed E-state index contributed by atoms with van der Waals surface area (Å²) in [6.45, 7) is 4.70. The number of anilines is 1. The Labute approximate surface area is 206 Å². The molecule has 0 unspecified atom stereocenters. The first kappa shape index (κ1) is 24.5. The minimum absolute atomic E-state index is 0.131. The van der Waals surface area contributed by atoms with Gasteiger partial charge in [0.1, 0.15) is 5.84 Å². The Morgan fingerprint density at radius 3 is 2.49 bits per heavy atom. The van der Waals surface area contributed by atoms with Crippen LogP contribution in [0.1, 0.15) is 42.6 Å².